The van der Waals surface area contributed by atoms with E-state index in [9.17, 15) is 10.2 Å². The monoisotopic (exact) mass is 470 g/mol. The van der Waals surface area contributed by atoms with Gasteiger partial charge in [-0.05, 0) is 30.3 Å². The van der Waals surface area contributed by atoms with Crippen molar-refractivity contribution in [1.82, 2.24) is 24.4 Å². The van der Waals surface area contributed by atoms with Crippen molar-refractivity contribution in [1.29, 1.82) is 0 Å². The highest BCUT2D eigenvalue weighted by Gasteiger charge is 2.40. The molecule has 5 rings (SSSR count). The van der Waals surface area contributed by atoms with E-state index in [1.165, 1.54) is 9.47 Å². The minimum atomic E-state index is -2.74. The van der Waals surface area contributed by atoms with Crippen LogP contribution in [-0.4, -0.2) is 59.2 Å². The third-order valence-corrected chi connectivity index (χ3v) is 6.38. The van der Waals surface area contributed by atoms with Crippen LogP contribution in [0.3, 0.4) is 0 Å². The van der Waals surface area contributed by atoms with Gasteiger partial charge in [0, 0.05) is 48.6 Å². The number of fused-ring (bicyclic) bond motifs is 1. The van der Waals surface area contributed by atoms with Crippen LogP contribution in [0.4, 0.5) is 20.4 Å². The molecule has 1 fully saturated rings. The second-order valence-corrected chi connectivity index (χ2v) is 8.77. The summed E-state index contributed by atoms with van der Waals surface area (Å²) in [5.74, 6) is -3.27. The van der Waals surface area contributed by atoms with E-state index < -0.39 is 23.1 Å². The van der Waals surface area contributed by atoms with E-state index >= 15 is 8.78 Å². The van der Waals surface area contributed by atoms with Gasteiger partial charge in [-0.25, -0.2) is 18.7 Å². The zero-order chi connectivity index (χ0) is 23.0. The van der Waals surface area contributed by atoms with Crippen LogP contribution in [0.1, 0.15) is 5.56 Å². The van der Waals surface area contributed by atoms with Crippen molar-refractivity contribution in [2.75, 3.05) is 29.9 Å². The predicted octanol–water partition coefficient (Wildman–Crippen LogP) is 2.98. The SMILES string of the molecule is OC(O)(c1c(F)cc(-n2ccc3cnc(Nc4cccnc4)nc32)cc1F)N1CCSCC1. The van der Waals surface area contributed by atoms with Crippen LogP contribution in [-0.2, 0) is 5.91 Å². The van der Waals surface area contributed by atoms with Gasteiger partial charge in [0.25, 0.3) is 5.91 Å². The van der Waals surface area contributed by atoms with Crippen molar-refractivity contribution in [2.45, 2.75) is 5.91 Å². The summed E-state index contributed by atoms with van der Waals surface area (Å²) in [5.41, 5.74) is 0.480. The van der Waals surface area contributed by atoms with Crippen LogP contribution in [0.25, 0.3) is 16.7 Å². The van der Waals surface area contributed by atoms with Gasteiger partial charge < -0.3 is 20.1 Å². The van der Waals surface area contributed by atoms with Gasteiger partial charge in [-0.2, -0.15) is 16.7 Å². The fourth-order valence-corrected chi connectivity index (χ4v) is 4.71. The van der Waals surface area contributed by atoms with Crippen molar-refractivity contribution >= 4 is 34.4 Å². The Morgan fingerprint density at radius 3 is 2.52 bits per heavy atom. The number of halogens is 2. The van der Waals surface area contributed by atoms with Crippen LogP contribution < -0.4 is 5.32 Å². The number of nitrogens with one attached hydrogen (secondary N) is 1. The molecule has 0 radical (unpaired) electrons. The van der Waals surface area contributed by atoms with Crippen LogP contribution in [0.15, 0.2) is 55.1 Å². The van der Waals surface area contributed by atoms with Crippen molar-refractivity contribution in [2.24, 2.45) is 0 Å². The largest absolute Gasteiger partial charge is 0.349 e. The zero-order valence-electron chi connectivity index (χ0n) is 17.3. The van der Waals surface area contributed by atoms with Gasteiger partial charge in [0.05, 0.1) is 23.1 Å². The van der Waals surface area contributed by atoms with Gasteiger partial charge in [-0.3, -0.25) is 4.98 Å². The second kappa shape index (κ2) is 8.67. The van der Waals surface area contributed by atoms with E-state index in [0.717, 1.165) is 12.1 Å². The first-order chi connectivity index (χ1) is 15.9. The number of hydrogen-bond acceptors (Lipinski definition) is 8. The highest BCUT2D eigenvalue weighted by Crippen LogP contribution is 2.32. The molecule has 1 aliphatic rings. The molecule has 3 aromatic heterocycles. The van der Waals surface area contributed by atoms with Gasteiger partial charge in [-0.1, -0.05) is 0 Å². The van der Waals surface area contributed by atoms with Crippen LogP contribution in [0.2, 0.25) is 0 Å². The summed E-state index contributed by atoms with van der Waals surface area (Å²) in [4.78, 5) is 14.0. The Hall–Kier alpha value is -3.12. The average Bonchev–Trinajstić information content (AvgIpc) is 3.23. The van der Waals surface area contributed by atoms with Crippen LogP contribution in [0.5, 0.6) is 0 Å². The molecule has 33 heavy (non-hydrogen) atoms. The molecule has 0 bridgehead atoms. The normalized spacial score (nSPS) is 15.2. The highest BCUT2D eigenvalue weighted by atomic mass is 32.2. The molecule has 0 amide bonds. The third-order valence-electron chi connectivity index (χ3n) is 5.44. The van der Waals surface area contributed by atoms with Crippen molar-refractivity contribution in [3.8, 4) is 5.69 Å². The molecule has 1 aliphatic heterocycles. The first-order valence-electron chi connectivity index (χ1n) is 10.2. The molecule has 0 aliphatic carbocycles. The maximum atomic E-state index is 15.1. The van der Waals surface area contributed by atoms with E-state index in [4.69, 9.17) is 0 Å². The predicted molar refractivity (Wildman–Crippen MR) is 121 cm³/mol. The quantitative estimate of drug-likeness (QED) is 0.383. The van der Waals surface area contributed by atoms with E-state index in [2.05, 4.69) is 20.3 Å². The summed E-state index contributed by atoms with van der Waals surface area (Å²) in [5, 5.41) is 24.9. The molecule has 0 atom stereocenters. The first kappa shape index (κ1) is 21.7. The van der Waals surface area contributed by atoms with E-state index in [-0.39, 0.29) is 5.69 Å². The molecule has 3 N–H and O–H groups in total. The number of thioether (sulfide) groups is 1. The topological polar surface area (TPSA) is 99.3 Å². The van der Waals surface area contributed by atoms with Gasteiger partial charge in [0.2, 0.25) is 5.95 Å². The minimum Gasteiger partial charge on any atom is -0.349 e. The van der Waals surface area contributed by atoms with Gasteiger partial charge in [-0.15, -0.1) is 0 Å². The molecule has 11 heteroatoms. The molecule has 4 aromatic rings. The Labute approximate surface area is 191 Å². The third kappa shape index (κ3) is 4.15. The molecule has 1 saturated heterocycles. The Bertz CT molecular complexity index is 1270. The maximum Gasteiger partial charge on any atom is 0.259 e. The molecule has 170 valence electrons. The van der Waals surface area contributed by atoms with Crippen LogP contribution in [0, 0.1) is 11.6 Å². The molecular formula is C22H20F2N6O2S. The summed E-state index contributed by atoms with van der Waals surface area (Å²) in [6.07, 6.45) is 6.48. The zero-order valence-corrected chi connectivity index (χ0v) is 18.1. The summed E-state index contributed by atoms with van der Waals surface area (Å²) >= 11 is 1.65. The lowest BCUT2D eigenvalue weighted by Crippen LogP contribution is -2.51. The van der Waals surface area contributed by atoms with Gasteiger partial charge in [0.15, 0.2) is 0 Å². The standard InChI is InChI=1S/C22H20F2N6O2S/c23-17-10-16(11-18(24)19(17)22(31,32)29-6-8-33-9-7-29)30-5-3-14-12-26-21(28-20(14)30)27-15-2-1-4-25-13-15/h1-5,10-13,31-32H,6-9H2,(H,26,27,28). The highest BCUT2D eigenvalue weighted by molar-refractivity contribution is 7.99. The Morgan fingerprint density at radius 1 is 1.06 bits per heavy atom. The number of anilines is 2. The lowest BCUT2D eigenvalue weighted by atomic mass is 10.1. The molecule has 0 spiro atoms. The number of aliphatic hydroxyl groups is 2. The summed E-state index contributed by atoms with van der Waals surface area (Å²) in [7, 11) is 0. The molecule has 4 heterocycles. The molecule has 1 aromatic carbocycles. The number of aromatic nitrogens is 4. The van der Waals surface area contributed by atoms with Gasteiger partial charge >= 0.3 is 0 Å². The number of nitrogens with zero attached hydrogens (tertiary/aromatic N) is 5. The number of pyridine rings is 1. The van der Waals surface area contributed by atoms with Crippen LogP contribution >= 0.6 is 11.8 Å². The summed E-state index contributed by atoms with van der Waals surface area (Å²) < 4.78 is 31.6. The fourth-order valence-electron chi connectivity index (χ4n) is 3.81. The fraction of sp³-hybridized carbons (Fsp3) is 0.227. The first-order valence-corrected chi connectivity index (χ1v) is 11.4. The van der Waals surface area contributed by atoms with E-state index in [1.807, 2.05) is 0 Å². The number of hydrogen-bond donors (Lipinski definition) is 3. The smallest absolute Gasteiger partial charge is 0.259 e. The molecule has 0 saturated carbocycles. The molecule has 0 unspecified atom stereocenters. The summed E-state index contributed by atoms with van der Waals surface area (Å²) in [6.45, 7) is 0.619. The van der Waals surface area contributed by atoms with Crippen molar-refractivity contribution in [3.05, 3.63) is 72.3 Å². The van der Waals surface area contributed by atoms with Crippen molar-refractivity contribution in [3.63, 3.8) is 0 Å². The lowest BCUT2D eigenvalue weighted by molar-refractivity contribution is -0.276. The van der Waals surface area contributed by atoms with Crippen molar-refractivity contribution < 1.29 is 19.0 Å². The Balaban J connectivity index is 1.51. The van der Waals surface area contributed by atoms with E-state index in [1.54, 1.807) is 54.7 Å². The molecular weight excluding hydrogens is 450 g/mol. The lowest BCUT2D eigenvalue weighted by Gasteiger charge is -2.37. The molecule has 8 nitrogen and oxygen atoms in total. The maximum absolute atomic E-state index is 15.1. The average molecular weight is 471 g/mol. The number of benzene rings is 1. The van der Waals surface area contributed by atoms with E-state index in [0.29, 0.717) is 47.3 Å². The Kier molecular flexibility index (Phi) is 5.71. The minimum absolute atomic E-state index is 0.153. The Morgan fingerprint density at radius 2 is 1.82 bits per heavy atom. The second-order valence-electron chi connectivity index (χ2n) is 7.54. The summed E-state index contributed by atoms with van der Waals surface area (Å²) in [6, 6.07) is 7.42. The van der Waals surface area contributed by atoms with Gasteiger partial charge in [0.1, 0.15) is 17.3 Å². The number of rotatable bonds is 5.